The van der Waals surface area contributed by atoms with Gasteiger partial charge in [-0.05, 0) is 31.5 Å². The van der Waals surface area contributed by atoms with Crippen LogP contribution in [0.5, 0.6) is 0 Å². The maximum absolute atomic E-state index is 13.0. The number of morpholine rings is 1. The first kappa shape index (κ1) is 17.2. The van der Waals surface area contributed by atoms with Crippen molar-refractivity contribution in [2.24, 2.45) is 0 Å². The molecule has 1 aromatic carbocycles. The summed E-state index contributed by atoms with van der Waals surface area (Å²) in [4.78, 5) is 26.5. The third kappa shape index (κ3) is 3.91. The molecule has 0 bridgehead atoms. The molecule has 132 valence electrons. The van der Waals surface area contributed by atoms with Crippen LogP contribution in [0, 0.1) is 6.92 Å². The highest BCUT2D eigenvalue weighted by Crippen LogP contribution is 2.24. The SMILES string of the molecule is CCN(Cc1ccc(C)o1)C(=O)[C@H]1OCC(=O)N[C@@H]1c1ccccc1. The van der Waals surface area contributed by atoms with Crippen LogP contribution in [-0.4, -0.2) is 36.0 Å². The van der Waals surface area contributed by atoms with Crippen molar-refractivity contribution >= 4 is 11.8 Å². The first-order valence-electron chi connectivity index (χ1n) is 8.38. The number of likely N-dealkylation sites (N-methyl/N-ethyl adjacent to an activating group) is 1. The Bertz CT molecular complexity index is 741. The molecule has 0 radical (unpaired) electrons. The molecule has 6 heteroatoms. The molecule has 2 amide bonds. The van der Waals surface area contributed by atoms with Gasteiger partial charge in [0.15, 0.2) is 6.10 Å². The van der Waals surface area contributed by atoms with E-state index in [2.05, 4.69) is 5.32 Å². The number of aryl methyl sites for hydroxylation is 1. The first-order chi connectivity index (χ1) is 12.1. The summed E-state index contributed by atoms with van der Waals surface area (Å²) in [7, 11) is 0. The zero-order valence-corrected chi connectivity index (χ0v) is 14.4. The topological polar surface area (TPSA) is 71.8 Å². The van der Waals surface area contributed by atoms with Gasteiger partial charge in [-0.15, -0.1) is 0 Å². The van der Waals surface area contributed by atoms with Crippen LogP contribution in [0.15, 0.2) is 46.9 Å². The van der Waals surface area contributed by atoms with Crippen LogP contribution in [-0.2, 0) is 20.9 Å². The fourth-order valence-corrected chi connectivity index (χ4v) is 2.97. The van der Waals surface area contributed by atoms with E-state index in [9.17, 15) is 9.59 Å². The van der Waals surface area contributed by atoms with E-state index in [1.54, 1.807) is 4.90 Å². The van der Waals surface area contributed by atoms with Crippen molar-refractivity contribution in [1.82, 2.24) is 10.2 Å². The van der Waals surface area contributed by atoms with Crippen molar-refractivity contribution < 1.29 is 18.7 Å². The van der Waals surface area contributed by atoms with Gasteiger partial charge in [-0.3, -0.25) is 9.59 Å². The highest BCUT2D eigenvalue weighted by Gasteiger charge is 2.38. The number of rotatable bonds is 5. The Morgan fingerprint density at radius 1 is 1.24 bits per heavy atom. The molecule has 1 fully saturated rings. The molecular formula is C19H22N2O4. The van der Waals surface area contributed by atoms with Crippen LogP contribution in [0.3, 0.4) is 0 Å². The Morgan fingerprint density at radius 2 is 2.00 bits per heavy atom. The summed E-state index contributed by atoms with van der Waals surface area (Å²) in [6.07, 6.45) is -0.754. The van der Waals surface area contributed by atoms with Gasteiger partial charge in [0.1, 0.15) is 18.1 Å². The van der Waals surface area contributed by atoms with Crippen molar-refractivity contribution in [2.45, 2.75) is 32.5 Å². The van der Waals surface area contributed by atoms with Crippen molar-refractivity contribution in [3.05, 3.63) is 59.5 Å². The molecule has 6 nitrogen and oxygen atoms in total. The van der Waals surface area contributed by atoms with Crippen molar-refractivity contribution in [3.63, 3.8) is 0 Å². The number of ether oxygens (including phenoxy) is 1. The summed E-state index contributed by atoms with van der Waals surface area (Å²) in [5.41, 5.74) is 0.846. The molecule has 1 saturated heterocycles. The molecule has 0 saturated carbocycles. The van der Waals surface area contributed by atoms with Gasteiger partial charge >= 0.3 is 0 Å². The van der Waals surface area contributed by atoms with Gasteiger partial charge in [-0.2, -0.15) is 0 Å². The molecule has 25 heavy (non-hydrogen) atoms. The summed E-state index contributed by atoms with van der Waals surface area (Å²) in [5, 5.41) is 2.88. The van der Waals surface area contributed by atoms with E-state index in [-0.39, 0.29) is 18.4 Å². The minimum atomic E-state index is -0.754. The van der Waals surface area contributed by atoms with Gasteiger partial charge < -0.3 is 19.4 Å². The highest BCUT2D eigenvalue weighted by molar-refractivity contribution is 5.86. The molecule has 2 aromatic rings. The maximum Gasteiger partial charge on any atom is 0.254 e. The van der Waals surface area contributed by atoms with E-state index in [1.165, 1.54) is 0 Å². The number of amides is 2. The van der Waals surface area contributed by atoms with Gasteiger partial charge in [0.05, 0.1) is 12.6 Å². The molecular weight excluding hydrogens is 320 g/mol. The lowest BCUT2D eigenvalue weighted by Gasteiger charge is -2.34. The number of nitrogens with zero attached hydrogens (tertiary/aromatic N) is 1. The molecule has 2 heterocycles. The summed E-state index contributed by atoms with van der Waals surface area (Å²) in [6, 6.07) is 12.6. The fraction of sp³-hybridized carbons (Fsp3) is 0.368. The average Bonchev–Trinajstić information content (AvgIpc) is 3.05. The molecule has 0 unspecified atom stereocenters. The predicted octanol–water partition coefficient (Wildman–Crippen LogP) is 2.19. The quantitative estimate of drug-likeness (QED) is 0.904. The van der Waals surface area contributed by atoms with E-state index < -0.39 is 12.1 Å². The monoisotopic (exact) mass is 342 g/mol. The van der Waals surface area contributed by atoms with Crippen molar-refractivity contribution in [1.29, 1.82) is 0 Å². The minimum Gasteiger partial charge on any atom is -0.464 e. The van der Waals surface area contributed by atoms with Crippen molar-refractivity contribution in [3.8, 4) is 0 Å². The third-order valence-electron chi connectivity index (χ3n) is 4.25. The molecule has 2 atom stereocenters. The number of benzene rings is 1. The number of carbonyl (C=O) groups is 2. The standard InChI is InChI=1S/C19H22N2O4/c1-3-21(11-15-10-9-13(2)25-15)19(23)18-17(20-16(22)12-24-18)14-7-5-4-6-8-14/h4-10,17-18H,3,11-12H2,1-2H3,(H,20,22)/t17-,18+/m1/s1. The Kier molecular flexibility index (Phi) is 5.19. The van der Waals surface area contributed by atoms with Crippen molar-refractivity contribution in [2.75, 3.05) is 13.2 Å². The lowest BCUT2D eigenvalue weighted by Crippen LogP contribution is -2.53. The summed E-state index contributed by atoms with van der Waals surface area (Å²) < 4.78 is 11.2. The fourth-order valence-electron chi connectivity index (χ4n) is 2.97. The number of furan rings is 1. The molecule has 1 aliphatic rings. The van der Waals surface area contributed by atoms with Gasteiger partial charge in [0.25, 0.3) is 5.91 Å². The second-order valence-electron chi connectivity index (χ2n) is 6.05. The van der Waals surface area contributed by atoms with Crippen LogP contribution in [0.4, 0.5) is 0 Å². The summed E-state index contributed by atoms with van der Waals surface area (Å²) in [5.74, 6) is 1.15. The maximum atomic E-state index is 13.0. The number of hydrogen-bond donors (Lipinski definition) is 1. The molecule has 0 spiro atoms. The summed E-state index contributed by atoms with van der Waals surface area (Å²) in [6.45, 7) is 4.56. The van der Waals surface area contributed by atoms with Crippen LogP contribution in [0.2, 0.25) is 0 Å². The smallest absolute Gasteiger partial charge is 0.254 e. The molecule has 3 rings (SSSR count). The number of nitrogens with one attached hydrogen (secondary N) is 1. The normalized spacial score (nSPS) is 20.2. The molecule has 1 aromatic heterocycles. The van der Waals surface area contributed by atoms with Crippen LogP contribution in [0.25, 0.3) is 0 Å². The van der Waals surface area contributed by atoms with E-state index in [1.807, 2.05) is 56.3 Å². The average molecular weight is 342 g/mol. The Hall–Kier alpha value is -2.60. The zero-order valence-electron chi connectivity index (χ0n) is 14.4. The van der Waals surface area contributed by atoms with E-state index in [0.29, 0.717) is 13.1 Å². The van der Waals surface area contributed by atoms with Gasteiger partial charge in [-0.1, -0.05) is 30.3 Å². The second-order valence-corrected chi connectivity index (χ2v) is 6.05. The largest absolute Gasteiger partial charge is 0.464 e. The Labute approximate surface area is 146 Å². The second kappa shape index (κ2) is 7.53. The van der Waals surface area contributed by atoms with E-state index >= 15 is 0 Å². The van der Waals surface area contributed by atoms with Gasteiger partial charge in [-0.25, -0.2) is 0 Å². The Morgan fingerprint density at radius 3 is 2.64 bits per heavy atom. The van der Waals surface area contributed by atoms with E-state index in [0.717, 1.165) is 17.1 Å². The van der Waals surface area contributed by atoms with Crippen LogP contribution >= 0.6 is 0 Å². The van der Waals surface area contributed by atoms with Gasteiger partial charge in [0.2, 0.25) is 5.91 Å². The highest BCUT2D eigenvalue weighted by atomic mass is 16.5. The van der Waals surface area contributed by atoms with Crippen LogP contribution in [0.1, 0.15) is 30.0 Å². The lowest BCUT2D eigenvalue weighted by atomic mass is 9.98. The molecule has 1 N–H and O–H groups in total. The first-order valence-corrected chi connectivity index (χ1v) is 8.38. The minimum absolute atomic E-state index is 0.114. The third-order valence-corrected chi connectivity index (χ3v) is 4.25. The zero-order chi connectivity index (χ0) is 17.8. The summed E-state index contributed by atoms with van der Waals surface area (Å²) >= 11 is 0. The molecule has 1 aliphatic heterocycles. The number of carbonyl (C=O) groups excluding carboxylic acids is 2. The predicted molar refractivity (Wildman–Crippen MR) is 91.6 cm³/mol. The van der Waals surface area contributed by atoms with Gasteiger partial charge in [0, 0.05) is 6.54 Å². The molecule has 0 aliphatic carbocycles. The van der Waals surface area contributed by atoms with E-state index in [4.69, 9.17) is 9.15 Å². The lowest BCUT2D eigenvalue weighted by molar-refractivity contribution is -0.155. The number of hydrogen-bond acceptors (Lipinski definition) is 4. The van der Waals surface area contributed by atoms with Crippen LogP contribution < -0.4 is 5.32 Å². The Balaban J connectivity index is 1.80.